The molecule has 28 heavy (non-hydrogen) atoms. The smallest absolute Gasteiger partial charge is 0.268 e. The van der Waals surface area contributed by atoms with Crippen molar-refractivity contribution >= 4 is 39.1 Å². The standard InChI is InChI=1S/C21H21BrN4OS/c1-14-4-3-5-18(15(14)2)25-10-12-26(13-11-25)21(27)20-19(23-24-28-20)16-6-8-17(22)9-7-16/h3-9H,10-13H2,1-2H3. The second-order valence-corrected chi connectivity index (χ2v) is 8.63. The van der Waals surface area contributed by atoms with Crippen molar-refractivity contribution in [1.29, 1.82) is 0 Å². The Morgan fingerprint density at radius 1 is 1.04 bits per heavy atom. The van der Waals surface area contributed by atoms with E-state index in [1.54, 1.807) is 0 Å². The van der Waals surface area contributed by atoms with E-state index in [0.29, 0.717) is 23.7 Å². The van der Waals surface area contributed by atoms with Crippen LogP contribution in [0.25, 0.3) is 11.3 Å². The fourth-order valence-electron chi connectivity index (χ4n) is 3.50. The van der Waals surface area contributed by atoms with Gasteiger partial charge in [0.25, 0.3) is 5.91 Å². The van der Waals surface area contributed by atoms with Gasteiger partial charge in [-0.3, -0.25) is 4.79 Å². The summed E-state index contributed by atoms with van der Waals surface area (Å²) in [6.07, 6.45) is 0. The molecule has 0 saturated carbocycles. The fourth-order valence-corrected chi connectivity index (χ4v) is 4.42. The predicted molar refractivity (Wildman–Crippen MR) is 117 cm³/mol. The molecule has 1 aliphatic heterocycles. The molecule has 1 aromatic heterocycles. The maximum absolute atomic E-state index is 13.1. The van der Waals surface area contributed by atoms with Gasteiger partial charge in [-0.1, -0.05) is 44.7 Å². The van der Waals surface area contributed by atoms with Crippen LogP contribution in [-0.4, -0.2) is 46.6 Å². The van der Waals surface area contributed by atoms with Gasteiger partial charge >= 0.3 is 0 Å². The number of nitrogens with zero attached hydrogens (tertiary/aromatic N) is 4. The van der Waals surface area contributed by atoms with Crippen molar-refractivity contribution in [3.05, 3.63) is 62.9 Å². The van der Waals surface area contributed by atoms with Gasteiger partial charge in [0.15, 0.2) is 0 Å². The first-order valence-corrected chi connectivity index (χ1v) is 10.8. The molecular formula is C21H21BrN4OS. The van der Waals surface area contributed by atoms with E-state index in [4.69, 9.17) is 0 Å². The molecule has 0 atom stereocenters. The van der Waals surface area contributed by atoms with Crippen molar-refractivity contribution in [2.45, 2.75) is 13.8 Å². The first kappa shape index (κ1) is 19.1. The van der Waals surface area contributed by atoms with Crippen molar-refractivity contribution in [2.24, 2.45) is 0 Å². The number of piperazine rings is 1. The minimum Gasteiger partial charge on any atom is -0.368 e. The van der Waals surface area contributed by atoms with E-state index in [9.17, 15) is 4.79 Å². The quantitative estimate of drug-likeness (QED) is 0.579. The van der Waals surface area contributed by atoms with Gasteiger partial charge in [0.05, 0.1) is 0 Å². The zero-order valence-corrected chi connectivity index (χ0v) is 18.3. The third-order valence-electron chi connectivity index (χ3n) is 5.28. The van der Waals surface area contributed by atoms with E-state index in [1.165, 1.54) is 28.3 Å². The topological polar surface area (TPSA) is 49.3 Å². The number of anilines is 1. The Morgan fingerprint density at radius 2 is 1.75 bits per heavy atom. The van der Waals surface area contributed by atoms with Gasteiger partial charge in [-0.05, 0) is 54.7 Å². The van der Waals surface area contributed by atoms with Crippen LogP contribution in [0.1, 0.15) is 20.8 Å². The first-order chi connectivity index (χ1) is 13.5. The van der Waals surface area contributed by atoms with E-state index < -0.39 is 0 Å². The first-order valence-electron chi connectivity index (χ1n) is 9.23. The number of aromatic nitrogens is 2. The molecule has 0 N–H and O–H groups in total. The second-order valence-electron chi connectivity index (χ2n) is 6.96. The Labute approximate surface area is 177 Å². The summed E-state index contributed by atoms with van der Waals surface area (Å²) in [5, 5.41) is 4.21. The van der Waals surface area contributed by atoms with Gasteiger partial charge < -0.3 is 9.80 Å². The fraction of sp³-hybridized carbons (Fsp3) is 0.286. The maximum Gasteiger partial charge on any atom is 0.268 e. The molecule has 3 aromatic rings. The number of hydrogen-bond acceptors (Lipinski definition) is 5. The van der Waals surface area contributed by atoms with Crippen LogP contribution < -0.4 is 4.90 Å². The van der Waals surface area contributed by atoms with E-state index >= 15 is 0 Å². The van der Waals surface area contributed by atoms with Crippen LogP contribution in [0.15, 0.2) is 46.9 Å². The molecule has 1 amide bonds. The van der Waals surface area contributed by atoms with Crippen LogP contribution in [0.5, 0.6) is 0 Å². The predicted octanol–water partition coefficient (Wildman–Crippen LogP) is 4.55. The molecule has 1 aliphatic rings. The number of carbonyl (C=O) groups is 1. The largest absolute Gasteiger partial charge is 0.368 e. The molecule has 0 aliphatic carbocycles. The summed E-state index contributed by atoms with van der Waals surface area (Å²) < 4.78 is 5.04. The van der Waals surface area contributed by atoms with Crippen molar-refractivity contribution in [2.75, 3.05) is 31.1 Å². The van der Waals surface area contributed by atoms with Crippen LogP contribution in [0.2, 0.25) is 0 Å². The van der Waals surface area contributed by atoms with Crippen LogP contribution in [0.4, 0.5) is 5.69 Å². The molecule has 7 heteroatoms. The summed E-state index contributed by atoms with van der Waals surface area (Å²) in [5.41, 5.74) is 5.45. The summed E-state index contributed by atoms with van der Waals surface area (Å²) in [6.45, 7) is 7.36. The van der Waals surface area contributed by atoms with Crippen molar-refractivity contribution in [1.82, 2.24) is 14.5 Å². The maximum atomic E-state index is 13.1. The molecule has 1 saturated heterocycles. The van der Waals surface area contributed by atoms with E-state index in [-0.39, 0.29) is 5.91 Å². The molecule has 2 aromatic carbocycles. The minimum absolute atomic E-state index is 0.0218. The molecule has 0 bridgehead atoms. The summed E-state index contributed by atoms with van der Waals surface area (Å²) in [4.78, 5) is 18.0. The third-order valence-corrected chi connectivity index (χ3v) is 6.53. The monoisotopic (exact) mass is 456 g/mol. The Hall–Kier alpha value is -2.25. The molecule has 0 unspecified atom stereocenters. The highest BCUT2D eigenvalue weighted by molar-refractivity contribution is 9.10. The van der Waals surface area contributed by atoms with Gasteiger partial charge in [0.1, 0.15) is 10.6 Å². The Balaban J connectivity index is 1.49. The molecule has 1 fully saturated rings. The lowest BCUT2D eigenvalue weighted by molar-refractivity contribution is 0.0752. The van der Waals surface area contributed by atoms with Crippen LogP contribution in [-0.2, 0) is 0 Å². The average molecular weight is 457 g/mol. The highest BCUT2D eigenvalue weighted by Crippen LogP contribution is 2.28. The summed E-state index contributed by atoms with van der Waals surface area (Å²) >= 11 is 4.61. The summed E-state index contributed by atoms with van der Waals surface area (Å²) in [7, 11) is 0. The number of amides is 1. The van der Waals surface area contributed by atoms with Gasteiger partial charge in [-0.25, -0.2) is 0 Å². The van der Waals surface area contributed by atoms with Crippen molar-refractivity contribution in [3.63, 3.8) is 0 Å². The van der Waals surface area contributed by atoms with Crippen molar-refractivity contribution < 1.29 is 4.79 Å². The van der Waals surface area contributed by atoms with Gasteiger partial charge in [0, 0.05) is 41.9 Å². The number of hydrogen-bond donors (Lipinski definition) is 0. The Morgan fingerprint density at radius 3 is 2.46 bits per heavy atom. The van der Waals surface area contributed by atoms with Crippen LogP contribution in [0.3, 0.4) is 0 Å². The zero-order valence-electron chi connectivity index (χ0n) is 15.9. The lowest BCUT2D eigenvalue weighted by Crippen LogP contribution is -2.49. The van der Waals surface area contributed by atoms with E-state index in [2.05, 4.69) is 62.5 Å². The number of carbonyl (C=O) groups excluding carboxylic acids is 1. The Kier molecular flexibility index (Phi) is 5.46. The molecule has 5 nitrogen and oxygen atoms in total. The highest BCUT2D eigenvalue weighted by atomic mass is 79.9. The second kappa shape index (κ2) is 8.01. The van der Waals surface area contributed by atoms with Gasteiger partial charge in [-0.15, -0.1) is 5.10 Å². The molecular weight excluding hydrogens is 436 g/mol. The average Bonchev–Trinajstić information content (AvgIpc) is 3.20. The van der Waals surface area contributed by atoms with Crippen molar-refractivity contribution in [3.8, 4) is 11.3 Å². The summed E-state index contributed by atoms with van der Waals surface area (Å²) in [5.74, 6) is 0.0218. The normalized spacial score (nSPS) is 14.4. The van der Waals surface area contributed by atoms with E-state index in [0.717, 1.165) is 23.1 Å². The molecule has 144 valence electrons. The van der Waals surface area contributed by atoms with E-state index in [1.807, 2.05) is 29.2 Å². The minimum atomic E-state index is 0.0218. The Bertz CT molecular complexity index is 994. The lowest BCUT2D eigenvalue weighted by atomic mass is 10.1. The zero-order chi connectivity index (χ0) is 19.7. The highest BCUT2D eigenvalue weighted by Gasteiger charge is 2.27. The third kappa shape index (κ3) is 3.69. The number of benzene rings is 2. The van der Waals surface area contributed by atoms with Gasteiger partial charge in [0.2, 0.25) is 0 Å². The molecule has 0 radical (unpaired) electrons. The molecule has 2 heterocycles. The number of halogens is 1. The lowest BCUT2D eigenvalue weighted by Gasteiger charge is -2.36. The van der Waals surface area contributed by atoms with Gasteiger partial charge in [-0.2, -0.15) is 0 Å². The number of rotatable bonds is 3. The summed E-state index contributed by atoms with van der Waals surface area (Å²) in [6, 6.07) is 14.2. The molecule has 0 spiro atoms. The SMILES string of the molecule is Cc1cccc(N2CCN(C(=O)c3snnc3-c3ccc(Br)cc3)CC2)c1C. The van der Waals surface area contributed by atoms with Crippen LogP contribution in [0, 0.1) is 13.8 Å². The van der Waals surface area contributed by atoms with Crippen LogP contribution >= 0.6 is 27.5 Å². The number of aryl methyl sites for hydroxylation is 1. The molecule has 4 rings (SSSR count).